The summed E-state index contributed by atoms with van der Waals surface area (Å²) in [7, 11) is 0. The van der Waals surface area contributed by atoms with E-state index in [4.69, 9.17) is 0 Å². The molecule has 0 N–H and O–H groups in total. The number of hydrogen-bond acceptors (Lipinski definition) is 1. The Bertz CT molecular complexity index is 1320. The van der Waals surface area contributed by atoms with Crippen LogP contribution in [-0.4, -0.2) is 18.5 Å². The number of rotatable bonds is 10. The quantitative estimate of drug-likeness (QED) is 0.210. The summed E-state index contributed by atoms with van der Waals surface area (Å²) in [5.74, 6) is -5.05. The van der Waals surface area contributed by atoms with E-state index in [1.54, 1.807) is 6.07 Å². The summed E-state index contributed by atoms with van der Waals surface area (Å²) in [6.45, 7) is 2.22. The van der Waals surface area contributed by atoms with Gasteiger partial charge in [-0.05, 0) is 90.8 Å². The lowest BCUT2D eigenvalue weighted by molar-refractivity contribution is -0.306. The Labute approximate surface area is 238 Å². The van der Waals surface area contributed by atoms with Crippen LogP contribution in [0.25, 0.3) is 11.1 Å². The van der Waals surface area contributed by atoms with Crippen LogP contribution in [0, 0.1) is 23.4 Å². The zero-order valence-corrected chi connectivity index (χ0v) is 22.9. The molecule has 0 saturated heterocycles. The van der Waals surface area contributed by atoms with E-state index in [0.717, 1.165) is 11.5 Å². The van der Waals surface area contributed by atoms with Gasteiger partial charge >= 0.3 is 12.3 Å². The minimum absolute atomic E-state index is 0.272. The van der Waals surface area contributed by atoms with Crippen molar-refractivity contribution < 1.29 is 44.3 Å². The SMILES string of the molecule is CCCC1CCC(c2ccc(CCc3ccc(-c4cc(F)c(OC(F)(F)C(F)C(F)(F)F)c(F)c4)c(F)c3)cc2)CC1. The fourth-order valence-corrected chi connectivity index (χ4v) is 5.58. The standard InChI is InChI=1S/C32H31F9O/c1-2-3-19-6-11-22(12-7-19)23-13-8-20(9-14-23)4-5-21-10-15-25(26(33)16-21)24-17-27(34)29(28(35)18-24)42-32(40,41)30(36)31(37,38)39/h8-10,13-19,22,30H,2-7,11-12H2,1H3. The van der Waals surface area contributed by atoms with Gasteiger partial charge in [0.15, 0.2) is 17.4 Å². The molecule has 0 aromatic heterocycles. The maximum atomic E-state index is 14.9. The van der Waals surface area contributed by atoms with Crippen molar-refractivity contribution in [3.8, 4) is 16.9 Å². The molecule has 4 rings (SSSR count). The van der Waals surface area contributed by atoms with Gasteiger partial charge in [0.2, 0.25) is 0 Å². The van der Waals surface area contributed by atoms with Gasteiger partial charge < -0.3 is 4.74 Å². The molecular weight excluding hydrogens is 571 g/mol. The Kier molecular flexibility index (Phi) is 9.83. The van der Waals surface area contributed by atoms with E-state index in [9.17, 15) is 39.5 Å². The first-order valence-corrected chi connectivity index (χ1v) is 13.9. The zero-order chi connectivity index (χ0) is 30.7. The van der Waals surface area contributed by atoms with Crippen molar-refractivity contribution in [2.24, 2.45) is 5.92 Å². The molecule has 1 nitrogen and oxygen atoms in total. The number of ether oxygens (including phenoxy) is 1. The minimum Gasteiger partial charge on any atom is -0.424 e. The average Bonchev–Trinajstić information content (AvgIpc) is 2.94. The number of hydrogen-bond donors (Lipinski definition) is 0. The van der Waals surface area contributed by atoms with E-state index < -0.39 is 47.2 Å². The number of alkyl halides is 6. The first kappa shape index (κ1) is 31.8. The van der Waals surface area contributed by atoms with Crippen molar-refractivity contribution >= 4 is 0 Å². The Balaban J connectivity index is 1.39. The van der Waals surface area contributed by atoms with Gasteiger partial charge in [-0.1, -0.05) is 56.2 Å². The monoisotopic (exact) mass is 602 g/mol. The van der Waals surface area contributed by atoms with Gasteiger partial charge in [-0.25, -0.2) is 17.6 Å². The van der Waals surface area contributed by atoms with Crippen LogP contribution in [0.4, 0.5) is 39.5 Å². The number of benzene rings is 3. The van der Waals surface area contributed by atoms with E-state index in [2.05, 4.69) is 35.9 Å². The molecule has 1 aliphatic carbocycles. The summed E-state index contributed by atoms with van der Waals surface area (Å²) in [5, 5.41) is 0. The third-order valence-corrected chi connectivity index (χ3v) is 7.86. The molecule has 0 bridgehead atoms. The summed E-state index contributed by atoms with van der Waals surface area (Å²) in [5.41, 5.74) is 2.33. The van der Waals surface area contributed by atoms with Crippen molar-refractivity contribution in [2.45, 2.75) is 82.7 Å². The molecule has 3 aromatic carbocycles. The van der Waals surface area contributed by atoms with E-state index in [-0.39, 0.29) is 5.56 Å². The normalized spacial score (nSPS) is 18.6. The minimum atomic E-state index is -6.03. The second-order valence-electron chi connectivity index (χ2n) is 10.9. The Morgan fingerprint density at radius 2 is 1.33 bits per heavy atom. The van der Waals surface area contributed by atoms with E-state index in [1.165, 1.54) is 56.2 Å². The first-order chi connectivity index (χ1) is 19.8. The maximum Gasteiger partial charge on any atom is 0.439 e. The molecule has 10 heteroatoms. The molecule has 0 radical (unpaired) electrons. The Hall–Kier alpha value is -3.17. The van der Waals surface area contributed by atoms with E-state index in [0.29, 0.717) is 36.5 Å². The molecule has 0 spiro atoms. The molecule has 228 valence electrons. The molecule has 1 unspecified atom stereocenters. The smallest absolute Gasteiger partial charge is 0.424 e. The van der Waals surface area contributed by atoms with Crippen LogP contribution in [0.2, 0.25) is 0 Å². The van der Waals surface area contributed by atoms with Crippen LogP contribution in [-0.2, 0) is 12.8 Å². The van der Waals surface area contributed by atoms with Crippen LogP contribution in [0.15, 0.2) is 54.6 Å². The predicted octanol–water partition coefficient (Wildman–Crippen LogP) is 10.5. The highest BCUT2D eigenvalue weighted by molar-refractivity contribution is 5.66. The molecule has 1 aliphatic rings. The summed E-state index contributed by atoms with van der Waals surface area (Å²) in [6, 6.07) is 13.3. The Morgan fingerprint density at radius 3 is 1.88 bits per heavy atom. The van der Waals surface area contributed by atoms with Crippen LogP contribution in [0.3, 0.4) is 0 Å². The largest absolute Gasteiger partial charge is 0.439 e. The van der Waals surface area contributed by atoms with Crippen LogP contribution in [0.5, 0.6) is 5.75 Å². The molecule has 3 aromatic rings. The van der Waals surface area contributed by atoms with Crippen LogP contribution < -0.4 is 4.74 Å². The van der Waals surface area contributed by atoms with Gasteiger partial charge in [-0.3, -0.25) is 0 Å². The van der Waals surface area contributed by atoms with E-state index >= 15 is 0 Å². The second kappa shape index (κ2) is 13.0. The molecule has 1 fully saturated rings. The summed E-state index contributed by atoms with van der Waals surface area (Å²) in [4.78, 5) is 0. The van der Waals surface area contributed by atoms with Gasteiger partial charge in [0.1, 0.15) is 5.82 Å². The molecule has 0 heterocycles. The molecule has 42 heavy (non-hydrogen) atoms. The van der Waals surface area contributed by atoms with Gasteiger partial charge in [-0.2, -0.15) is 22.0 Å². The molecule has 0 aliphatic heterocycles. The third-order valence-electron chi connectivity index (χ3n) is 7.86. The number of aryl methyl sites for hydroxylation is 2. The molecule has 0 amide bonds. The van der Waals surface area contributed by atoms with Gasteiger partial charge in [0.05, 0.1) is 0 Å². The molecular formula is C32H31F9O. The van der Waals surface area contributed by atoms with Crippen molar-refractivity contribution in [2.75, 3.05) is 0 Å². The second-order valence-corrected chi connectivity index (χ2v) is 10.9. The number of halogens is 9. The lowest BCUT2D eigenvalue weighted by Crippen LogP contribution is -2.46. The first-order valence-electron chi connectivity index (χ1n) is 13.9. The fraction of sp³-hybridized carbons (Fsp3) is 0.438. The fourth-order valence-electron chi connectivity index (χ4n) is 5.58. The lowest BCUT2D eigenvalue weighted by atomic mass is 9.77. The zero-order valence-electron chi connectivity index (χ0n) is 22.9. The molecule has 1 atom stereocenters. The highest BCUT2D eigenvalue weighted by Gasteiger charge is 2.59. The van der Waals surface area contributed by atoms with E-state index in [1.807, 2.05) is 0 Å². The van der Waals surface area contributed by atoms with Gasteiger partial charge in [-0.15, -0.1) is 0 Å². The van der Waals surface area contributed by atoms with Gasteiger partial charge in [0.25, 0.3) is 6.17 Å². The van der Waals surface area contributed by atoms with Crippen LogP contribution >= 0.6 is 0 Å². The van der Waals surface area contributed by atoms with Gasteiger partial charge in [0, 0.05) is 5.56 Å². The van der Waals surface area contributed by atoms with Crippen molar-refractivity contribution in [3.05, 3.63) is 88.7 Å². The van der Waals surface area contributed by atoms with Crippen molar-refractivity contribution in [1.29, 1.82) is 0 Å². The predicted molar refractivity (Wildman–Crippen MR) is 142 cm³/mol. The third kappa shape index (κ3) is 7.61. The summed E-state index contributed by atoms with van der Waals surface area (Å²) in [6.07, 6.45) is -7.91. The highest BCUT2D eigenvalue weighted by atomic mass is 19.4. The summed E-state index contributed by atoms with van der Waals surface area (Å²) < 4.78 is 124. The Morgan fingerprint density at radius 1 is 0.762 bits per heavy atom. The molecule has 1 saturated carbocycles. The average molecular weight is 603 g/mol. The maximum absolute atomic E-state index is 14.9. The highest BCUT2D eigenvalue weighted by Crippen LogP contribution is 2.40. The van der Waals surface area contributed by atoms with Crippen molar-refractivity contribution in [3.63, 3.8) is 0 Å². The van der Waals surface area contributed by atoms with Crippen molar-refractivity contribution in [1.82, 2.24) is 0 Å². The lowest BCUT2D eigenvalue weighted by Gasteiger charge is -2.28. The summed E-state index contributed by atoms with van der Waals surface area (Å²) >= 11 is 0. The van der Waals surface area contributed by atoms with Crippen LogP contribution in [0.1, 0.15) is 68.1 Å². The topological polar surface area (TPSA) is 9.23 Å².